The molecule has 0 radical (unpaired) electrons. The fourth-order valence-corrected chi connectivity index (χ4v) is 1.57. The van der Waals surface area contributed by atoms with Crippen molar-refractivity contribution in [1.29, 1.82) is 0 Å². The lowest BCUT2D eigenvalue weighted by Gasteiger charge is -2.12. The van der Waals surface area contributed by atoms with Crippen LogP contribution in [-0.4, -0.2) is 28.8 Å². The highest BCUT2D eigenvalue weighted by molar-refractivity contribution is 5.74. The molecule has 0 bridgehead atoms. The molecule has 0 amide bonds. The van der Waals surface area contributed by atoms with Crippen LogP contribution in [-0.2, 0) is 16.0 Å². The minimum absolute atomic E-state index is 0.102. The van der Waals surface area contributed by atoms with Gasteiger partial charge in [0.1, 0.15) is 11.4 Å². The van der Waals surface area contributed by atoms with Crippen LogP contribution in [0.5, 0.6) is 5.75 Å². The van der Waals surface area contributed by atoms with Crippen molar-refractivity contribution in [3.8, 4) is 5.75 Å². The van der Waals surface area contributed by atoms with Gasteiger partial charge in [0.25, 0.3) is 6.43 Å². The normalized spacial score (nSPS) is 11.4. The predicted molar refractivity (Wildman–Crippen MR) is 62.9 cm³/mol. The Morgan fingerprint density at radius 3 is 2.48 bits per heavy atom. The first-order chi connectivity index (χ1) is 10.5. The Hall–Kier alpha value is -2.53. The van der Waals surface area contributed by atoms with Crippen molar-refractivity contribution >= 4 is 11.7 Å². The van der Waals surface area contributed by atoms with E-state index in [9.17, 15) is 36.9 Å². The van der Waals surface area contributed by atoms with Crippen molar-refractivity contribution in [3.63, 3.8) is 0 Å². The third-order valence-corrected chi connectivity index (χ3v) is 2.30. The number of carbonyl (C=O) groups is 1. The van der Waals surface area contributed by atoms with Gasteiger partial charge in [-0.15, -0.1) is 13.2 Å². The number of alkyl halides is 5. The van der Waals surface area contributed by atoms with Gasteiger partial charge in [0.2, 0.25) is 5.75 Å². The van der Waals surface area contributed by atoms with Crippen molar-refractivity contribution in [2.45, 2.75) is 26.1 Å². The minimum Gasteiger partial charge on any atom is -0.466 e. The first-order valence-electron chi connectivity index (χ1n) is 5.92. The van der Waals surface area contributed by atoms with Gasteiger partial charge in [0.15, 0.2) is 0 Å². The molecule has 0 aliphatic heterocycles. The molecule has 128 valence electrons. The molecule has 0 aromatic carbocycles. The summed E-state index contributed by atoms with van der Waals surface area (Å²) in [5.74, 6) is -2.56. The summed E-state index contributed by atoms with van der Waals surface area (Å²) in [7, 11) is 0. The smallest absolute Gasteiger partial charge is 0.466 e. The standard InChI is InChI=1S/C11H9F5N2O5/c1-2-22-8(19)4-5-9(18(20)21)7(23-11(14,15)16)3-6(17-5)10(12)13/h3,10H,2,4H2,1H3. The molecular formula is C11H9F5N2O5. The lowest BCUT2D eigenvalue weighted by Crippen LogP contribution is -2.20. The van der Waals surface area contributed by atoms with E-state index in [-0.39, 0.29) is 12.7 Å². The number of hydrogen-bond acceptors (Lipinski definition) is 6. The van der Waals surface area contributed by atoms with E-state index in [2.05, 4.69) is 14.5 Å². The lowest BCUT2D eigenvalue weighted by atomic mass is 10.2. The molecular weight excluding hydrogens is 335 g/mol. The molecule has 0 unspecified atom stereocenters. The van der Waals surface area contributed by atoms with E-state index in [1.807, 2.05) is 0 Å². The first kappa shape index (κ1) is 18.5. The summed E-state index contributed by atoms with van der Waals surface area (Å²) in [6.07, 6.45) is -9.64. The highest BCUT2D eigenvalue weighted by Gasteiger charge is 2.37. The van der Waals surface area contributed by atoms with E-state index in [4.69, 9.17) is 0 Å². The van der Waals surface area contributed by atoms with E-state index in [0.717, 1.165) is 0 Å². The number of hydrogen-bond donors (Lipinski definition) is 0. The maximum atomic E-state index is 12.7. The molecule has 12 heteroatoms. The Labute approximate surface area is 125 Å². The van der Waals surface area contributed by atoms with Gasteiger partial charge in [-0.25, -0.2) is 13.8 Å². The van der Waals surface area contributed by atoms with Crippen LogP contribution in [0.25, 0.3) is 0 Å². The molecule has 0 aliphatic rings. The maximum Gasteiger partial charge on any atom is 0.573 e. The van der Waals surface area contributed by atoms with Crippen LogP contribution in [0, 0.1) is 10.1 Å². The molecule has 1 aromatic rings. The molecule has 7 nitrogen and oxygen atoms in total. The van der Waals surface area contributed by atoms with Gasteiger partial charge in [0.05, 0.1) is 18.0 Å². The zero-order valence-corrected chi connectivity index (χ0v) is 11.4. The van der Waals surface area contributed by atoms with E-state index < -0.39 is 52.9 Å². The van der Waals surface area contributed by atoms with E-state index in [1.165, 1.54) is 6.92 Å². The van der Waals surface area contributed by atoms with Crippen LogP contribution in [0.4, 0.5) is 27.6 Å². The number of esters is 1. The number of pyridine rings is 1. The fourth-order valence-electron chi connectivity index (χ4n) is 1.57. The quantitative estimate of drug-likeness (QED) is 0.341. The molecule has 1 aromatic heterocycles. The topological polar surface area (TPSA) is 91.6 Å². The van der Waals surface area contributed by atoms with Gasteiger partial charge < -0.3 is 9.47 Å². The van der Waals surface area contributed by atoms with Gasteiger partial charge in [-0.2, -0.15) is 0 Å². The number of ether oxygens (including phenoxy) is 2. The number of nitrogens with zero attached hydrogens (tertiary/aromatic N) is 2. The summed E-state index contributed by atoms with van der Waals surface area (Å²) in [6, 6.07) is 0.102. The largest absolute Gasteiger partial charge is 0.573 e. The summed E-state index contributed by atoms with van der Waals surface area (Å²) < 4.78 is 70.1. The zero-order chi connectivity index (χ0) is 17.8. The third-order valence-electron chi connectivity index (χ3n) is 2.30. The Balaban J connectivity index is 3.44. The maximum absolute atomic E-state index is 12.7. The molecule has 0 atom stereocenters. The SMILES string of the molecule is CCOC(=O)Cc1nc(C(F)F)cc(OC(F)(F)F)c1[N+](=O)[O-]. The fraction of sp³-hybridized carbons (Fsp3) is 0.455. The summed E-state index contributed by atoms with van der Waals surface area (Å²) in [4.78, 5) is 24.1. The van der Waals surface area contributed by atoms with Crippen LogP contribution >= 0.6 is 0 Å². The number of carbonyl (C=O) groups excluding carboxylic acids is 1. The van der Waals surface area contributed by atoms with Gasteiger partial charge in [0, 0.05) is 6.07 Å². The second-order valence-corrected chi connectivity index (χ2v) is 3.93. The van der Waals surface area contributed by atoms with Crippen LogP contribution < -0.4 is 4.74 Å². The van der Waals surface area contributed by atoms with Crippen molar-refractivity contribution in [1.82, 2.24) is 4.98 Å². The van der Waals surface area contributed by atoms with Gasteiger partial charge in [-0.1, -0.05) is 0 Å². The number of aromatic nitrogens is 1. The molecule has 1 heterocycles. The molecule has 0 saturated heterocycles. The summed E-state index contributed by atoms with van der Waals surface area (Å²) in [6.45, 7) is 1.29. The number of rotatable bonds is 6. The van der Waals surface area contributed by atoms with Gasteiger partial charge >= 0.3 is 18.0 Å². The minimum atomic E-state index is -5.35. The molecule has 0 N–H and O–H groups in total. The van der Waals surface area contributed by atoms with Gasteiger partial charge in [-0.3, -0.25) is 14.9 Å². The van der Waals surface area contributed by atoms with Crippen molar-refractivity contribution in [2.75, 3.05) is 6.61 Å². The second-order valence-electron chi connectivity index (χ2n) is 3.93. The summed E-state index contributed by atoms with van der Waals surface area (Å²) in [5, 5.41) is 10.9. The summed E-state index contributed by atoms with van der Waals surface area (Å²) in [5.41, 5.74) is -3.44. The van der Waals surface area contributed by atoms with Crippen LogP contribution in [0.2, 0.25) is 0 Å². The Morgan fingerprint density at radius 2 is 2.04 bits per heavy atom. The van der Waals surface area contributed by atoms with E-state index >= 15 is 0 Å². The van der Waals surface area contributed by atoms with E-state index in [0.29, 0.717) is 0 Å². The molecule has 0 fully saturated rings. The Kier molecular flexibility index (Phi) is 5.76. The van der Waals surface area contributed by atoms with E-state index in [1.54, 1.807) is 0 Å². The number of nitro groups is 1. The highest BCUT2D eigenvalue weighted by atomic mass is 19.4. The molecule has 0 spiro atoms. The summed E-state index contributed by atoms with van der Waals surface area (Å²) >= 11 is 0. The first-order valence-corrected chi connectivity index (χ1v) is 5.92. The molecule has 23 heavy (non-hydrogen) atoms. The Bertz CT molecular complexity index is 605. The number of halogens is 5. The van der Waals surface area contributed by atoms with Crippen LogP contribution in [0.3, 0.4) is 0 Å². The molecule has 0 aliphatic carbocycles. The van der Waals surface area contributed by atoms with Crippen LogP contribution in [0.1, 0.15) is 24.7 Å². The van der Waals surface area contributed by atoms with Crippen molar-refractivity contribution in [3.05, 3.63) is 27.6 Å². The van der Waals surface area contributed by atoms with Gasteiger partial charge in [-0.05, 0) is 6.92 Å². The monoisotopic (exact) mass is 344 g/mol. The average molecular weight is 344 g/mol. The van der Waals surface area contributed by atoms with Crippen LogP contribution in [0.15, 0.2) is 6.07 Å². The molecule has 0 saturated carbocycles. The average Bonchev–Trinajstić information content (AvgIpc) is 2.35. The highest BCUT2D eigenvalue weighted by Crippen LogP contribution is 2.37. The Morgan fingerprint density at radius 1 is 1.43 bits per heavy atom. The van der Waals surface area contributed by atoms with Crippen molar-refractivity contribution < 1.29 is 41.1 Å². The second kappa shape index (κ2) is 7.15. The third kappa shape index (κ3) is 5.30. The zero-order valence-electron chi connectivity index (χ0n) is 11.4. The molecule has 1 rings (SSSR count). The van der Waals surface area contributed by atoms with Crippen molar-refractivity contribution in [2.24, 2.45) is 0 Å². The predicted octanol–water partition coefficient (Wildman–Crippen LogP) is 2.93. The lowest BCUT2D eigenvalue weighted by molar-refractivity contribution is -0.389.